The Balaban J connectivity index is 1.72. The van der Waals surface area contributed by atoms with E-state index in [4.69, 9.17) is 16.3 Å². The third-order valence-electron chi connectivity index (χ3n) is 3.46. The van der Waals surface area contributed by atoms with Crippen LogP contribution in [-0.4, -0.2) is 17.6 Å². The molecule has 2 amide bonds. The molecule has 1 aliphatic heterocycles. The van der Waals surface area contributed by atoms with E-state index in [1.165, 1.54) is 0 Å². The van der Waals surface area contributed by atoms with Gasteiger partial charge >= 0.3 is 6.03 Å². The molecule has 22 heavy (non-hydrogen) atoms. The lowest BCUT2D eigenvalue weighted by atomic mass is 10.0. The van der Waals surface area contributed by atoms with E-state index in [1.807, 2.05) is 31.2 Å². The molecule has 0 spiro atoms. The monoisotopic (exact) mass is 317 g/mol. The molecule has 1 atom stereocenters. The molecule has 0 bridgehead atoms. The van der Waals surface area contributed by atoms with Gasteiger partial charge in [0.25, 0.3) is 0 Å². The summed E-state index contributed by atoms with van der Waals surface area (Å²) in [5, 5.41) is 6.24. The van der Waals surface area contributed by atoms with Crippen LogP contribution in [0, 0.1) is 6.92 Å². The Hall–Kier alpha value is -2.27. The summed E-state index contributed by atoms with van der Waals surface area (Å²) < 4.78 is 5.58. The van der Waals surface area contributed by atoms with E-state index in [1.54, 1.807) is 12.1 Å². The van der Waals surface area contributed by atoms with Crippen LogP contribution in [-0.2, 0) is 0 Å². The molecular formula is C16H16ClN3O2. The molecule has 2 heterocycles. The van der Waals surface area contributed by atoms with E-state index in [0.717, 1.165) is 11.3 Å². The molecule has 0 radical (unpaired) electrons. The number of benzene rings is 1. The maximum atomic E-state index is 12.2. The number of aromatic nitrogens is 1. The summed E-state index contributed by atoms with van der Waals surface area (Å²) in [5.41, 5.74) is 1.74. The number of para-hydroxylation sites is 1. The SMILES string of the molecule is Cc1cccc(NC(=O)N[C@H]2CCOc3c(Cl)cccc32)n1. The van der Waals surface area contributed by atoms with Crippen LogP contribution in [0.5, 0.6) is 5.75 Å². The predicted octanol–water partition coefficient (Wildman–Crippen LogP) is 3.69. The van der Waals surface area contributed by atoms with E-state index >= 15 is 0 Å². The minimum Gasteiger partial charge on any atom is -0.492 e. The molecule has 0 saturated heterocycles. The standard InChI is InChI=1S/C16H16ClN3O2/c1-10-4-2-7-14(18-10)20-16(21)19-13-8-9-22-15-11(13)5-3-6-12(15)17/h2-7,13H,8-9H2,1H3,(H2,18,19,20,21)/t13-/m0/s1. The summed E-state index contributed by atoms with van der Waals surface area (Å²) in [6.45, 7) is 2.39. The molecule has 5 nitrogen and oxygen atoms in total. The average Bonchev–Trinajstić information content (AvgIpc) is 2.48. The number of amides is 2. The summed E-state index contributed by atoms with van der Waals surface area (Å²) in [6.07, 6.45) is 0.696. The Bertz CT molecular complexity index is 706. The fourth-order valence-corrected chi connectivity index (χ4v) is 2.70. The highest BCUT2D eigenvalue weighted by Crippen LogP contribution is 2.37. The van der Waals surface area contributed by atoms with Crippen LogP contribution in [0.15, 0.2) is 36.4 Å². The maximum Gasteiger partial charge on any atom is 0.320 e. The smallest absolute Gasteiger partial charge is 0.320 e. The number of carbonyl (C=O) groups is 1. The van der Waals surface area contributed by atoms with Crippen molar-refractivity contribution < 1.29 is 9.53 Å². The van der Waals surface area contributed by atoms with Crippen LogP contribution < -0.4 is 15.4 Å². The quantitative estimate of drug-likeness (QED) is 0.888. The number of hydrogen-bond donors (Lipinski definition) is 2. The largest absolute Gasteiger partial charge is 0.492 e. The van der Waals surface area contributed by atoms with Gasteiger partial charge in [-0.1, -0.05) is 29.8 Å². The first-order valence-electron chi connectivity index (χ1n) is 7.06. The van der Waals surface area contributed by atoms with Gasteiger partial charge in [-0.3, -0.25) is 5.32 Å². The third kappa shape index (κ3) is 3.14. The number of rotatable bonds is 2. The molecule has 2 aromatic rings. The van der Waals surface area contributed by atoms with Crippen molar-refractivity contribution in [2.24, 2.45) is 0 Å². The second kappa shape index (κ2) is 6.23. The summed E-state index contributed by atoms with van der Waals surface area (Å²) in [5.74, 6) is 1.17. The molecule has 0 saturated carbocycles. The van der Waals surface area contributed by atoms with Crippen molar-refractivity contribution in [2.45, 2.75) is 19.4 Å². The Kier molecular flexibility index (Phi) is 4.15. The number of hydrogen-bond acceptors (Lipinski definition) is 3. The zero-order chi connectivity index (χ0) is 15.5. The van der Waals surface area contributed by atoms with Crippen molar-refractivity contribution in [3.8, 4) is 5.75 Å². The van der Waals surface area contributed by atoms with Gasteiger partial charge in [-0.05, 0) is 25.1 Å². The Labute approximate surface area is 133 Å². The number of ether oxygens (including phenoxy) is 1. The van der Waals surface area contributed by atoms with Gasteiger partial charge in [0.2, 0.25) is 0 Å². The average molecular weight is 318 g/mol. The van der Waals surface area contributed by atoms with Gasteiger partial charge < -0.3 is 10.1 Å². The van der Waals surface area contributed by atoms with Crippen molar-refractivity contribution in [1.29, 1.82) is 0 Å². The summed E-state index contributed by atoms with van der Waals surface area (Å²) in [6, 6.07) is 10.6. The van der Waals surface area contributed by atoms with Gasteiger partial charge in [-0.25, -0.2) is 9.78 Å². The van der Waals surface area contributed by atoms with Crippen LogP contribution in [0.1, 0.15) is 23.7 Å². The fourth-order valence-electron chi connectivity index (χ4n) is 2.46. The van der Waals surface area contributed by atoms with Crippen LogP contribution in [0.4, 0.5) is 10.6 Å². The van der Waals surface area contributed by atoms with Crippen LogP contribution in [0.3, 0.4) is 0 Å². The number of nitrogens with one attached hydrogen (secondary N) is 2. The molecule has 0 aliphatic carbocycles. The highest BCUT2D eigenvalue weighted by molar-refractivity contribution is 6.32. The van der Waals surface area contributed by atoms with E-state index in [2.05, 4.69) is 15.6 Å². The van der Waals surface area contributed by atoms with Crippen molar-refractivity contribution in [3.05, 3.63) is 52.7 Å². The van der Waals surface area contributed by atoms with Gasteiger partial charge in [-0.2, -0.15) is 0 Å². The van der Waals surface area contributed by atoms with E-state index in [-0.39, 0.29) is 12.1 Å². The number of urea groups is 1. The van der Waals surface area contributed by atoms with E-state index < -0.39 is 0 Å². The van der Waals surface area contributed by atoms with Crippen LogP contribution in [0.25, 0.3) is 0 Å². The molecule has 2 N–H and O–H groups in total. The minimum absolute atomic E-state index is 0.132. The van der Waals surface area contributed by atoms with Crippen molar-refractivity contribution in [2.75, 3.05) is 11.9 Å². The minimum atomic E-state index is -0.295. The number of halogens is 1. The lowest BCUT2D eigenvalue weighted by molar-refractivity contribution is 0.232. The Morgan fingerprint density at radius 3 is 2.95 bits per heavy atom. The molecule has 1 aromatic heterocycles. The van der Waals surface area contributed by atoms with Gasteiger partial charge in [0.1, 0.15) is 11.6 Å². The number of carbonyl (C=O) groups excluding carboxylic acids is 1. The zero-order valence-corrected chi connectivity index (χ0v) is 12.9. The number of pyridine rings is 1. The molecular weight excluding hydrogens is 302 g/mol. The summed E-state index contributed by atoms with van der Waals surface area (Å²) in [7, 11) is 0. The van der Waals surface area contributed by atoms with E-state index in [9.17, 15) is 4.79 Å². The molecule has 0 fully saturated rings. The number of aryl methyl sites for hydroxylation is 1. The van der Waals surface area contributed by atoms with Crippen molar-refractivity contribution in [3.63, 3.8) is 0 Å². The van der Waals surface area contributed by atoms with E-state index in [0.29, 0.717) is 29.6 Å². The van der Waals surface area contributed by atoms with Gasteiger partial charge in [-0.15, -0.1) is 0 Å². The third-order valence-corrected chi connectivity index (χ3v) is 3.76. The lowest BCUT2D eigenvalue weighted by Crippen LogP contribution is -2.35. The first kappa shape index (κ1) is 14.7. The van der Waals surface area contributed by atoms with Gasteiger partial charge in [0, 0.05) is 17.7 Å². The fraction of sp³-hybridized carbons (Fsp3) is 0.250. The first-order chi connectivity index (χ1) is 10.6. The molecule has 3 rings (SSSR count). The Morgan fingerprint density at radius 2 is 2.14 bits per heavy atom. The first-order valence-corrected chi connectivity index (χ1v) is 7.43. The number of nitrogens with zero attached hydrogens (tertiary/aromatic N) is 1. The second-order valence-electron chi connectivity index (χ2n) is 5.11. The summed E-state index contributed by atoms with van der Waals surface area (Å²) in [4.78, 5) is 16.4. The molecule has 6 heteroatoms. The van der Waals surface area contributed by atoms with Gasteiger partial charge in [0.05, 0.1) is 17.7 Å². The van der Waals surface area contributed by atoms with Crippen molar-refractivity contribution in [1.82, 2.24) is 10.3 Å². The maximum absolute atomic E-state index is 12.2. The van der Waals surface area contributed by atoms with Crippen molar-refractivity contribution >= 4 is 23.4 Å². The number of fused-ring (bicyclic) bond motifs is 1. The van der Waals surface area contributed by atoms with Crippen LogP contribution >= 0.6 is 11.6 Å². The highest BCUT2D eigenvalue weighted by Gasteiger charge is 2.24. The predicted molar refractivity (Wildman–Crippen MR) is 85.4 cm³/mol. The normalized spacial score (nSPS) is 16.4. The Morgan fingerprint density at radius 1 is 1.32 bits per heavy atom. The molecule has 114 valence electrons. The van der Waals surface area contributed by atoms with Crippen LogP contribution in [0.2, 0.25) is 5.02 Å². The second-order valence-corrected chi connectivity index (χ2v) is 5.52. The highest BCUT2D eigenvalue weighted by atomic mass is 35.5. The summed E-state index contributed by atoms with van der Waals surface area (Å²) >= 11 is 6.13. The molecule has 1 aromatic carbocycles. The van der Waals surface area contributed by atoms with Gasteiger partial charge in [0.15, 0.2) is 0 Å². The zero-order valence-electron chi connectivity index (χ0n) is 12.1. The topological polar surface area (TPSA) is 63.2 Å². The lowest BCUT2D eigenvalue weighted by Gasteiger charge is -2.27. The number of anilines is 1. The molecule has 1 aliphatic rings. The molecule has 0 unspecified atom stereocenters.